The zero-order valence-electron chi connectivity index (χ0n) is 19.7. The lowest BCUT2D eigenvalue weighted by Crippen LogP contribution is -2.28. The maximum absolute atomic E-state index is 12.9. The number of esters is 1. The van der Waals surface area contributed by atoms with Crippen molar-refractivity contribution in [1.29, 1.82) is 0 Å². The van der Waals surface area contributed by atoms with Gasteiger partial charge in [-0.15, -0.1) is 0 Å². The van der Waals surface area contributed by atoms with Gasteiger partial charge < -0.3 is 14.8 Å². The first-order chi connectivity index (χ1) is 17.3. The van der Waals surface area contributed by atoms with E-state index in [-0.39, 0.29) is 35.4 Å². The van der Waals surface area contributed by atoms with Gasteiger partial charge in [-0.1, -0.05) is 24.3 Å². The Morgan fingerprint density at radius 1 is 0.889 bits per heavy atom. The quantitative estimate of drug-likeness (QED) is 0.282. The van der Waals surface area contributed by atoms with Crippen LogP contribution in [0.15, 0.2) is 77.7 Å². The second-order valence-electron chi connectivity index (χ2n) is 7.89. The van der Waals surface area contributed by atoms with Crippen LogP contribution in [0.3, 0.4) is 0 Å². The molecule has 0 spiro atoms. The van der Waals surface area contributed by atoms with Crippen molar-refractivity contribution in [3.63, 3.8) is 0 Å². The first kappa shape index (κ1) is 26.8. The minimum atomic E-state index is -3.81. The van der Waals surface area contributed by atoms with Crippen LogP contribution >= 0.6 is 0 Å². The van der Waals surface area contributed by atoms with Gasteiger partial charge in [0.25, 0.3) is 10.0 Å². The lowest BCUT2D eigenvalue weighted by molar-refractivity contribution is -0.126. The van der Waals surface area contributed by atoms with E-state index in [1.165, 1.54) is 43.5 Å². The molecule has 3 aromatic carbocycles. The van der Waals surface area contributed by atoms with Crippen molar-refractivity contribution >= 4 is 27.6 Å². The number of carbonyl (C=O) groups excluding carboxylic acids is 2. The molecule has 0 aliphatic carbocycles. The summed E-state index contributed by atoms with van der Waals surface area (Å²) < 4.78 is 50.5. The number of aryl methyl sites for hydroxylation is 1. The van der Waals surface area contributed by atoms with E-state index in [4.69, 9.17) is 4.74 Å². The highest BCUT2D eigenvalue weighted by atomic mass is 32.2. The van der Waals surface area contributed by atoms with Crippen LogP contribution in [0.5, 0.6) is 0 Å². The first-order valence-corrected chi connectivity index (χ1v) is 12.6. The molecule has 0 atom stereocenters. The summed E-state index contributed by atoms with van der Waals surface area (Å²) in [6.45, 7) is 0.606. The molecule has 8 nitrogen and oxygen atoms in total. The van der Waals surface area contributed by atoms with E-state index in [1.807, 2.05) is 12.1 Å². The fraction of sp³-hybridized carbons (Fsp3) is 0.231. The Morgan fingerprint density at radius 3 is 2.17 bits per heavy atom. The molecular weight excluding hydrogens is 487 g/mol. The Hall–Kier alpha value is -3.76. The average Bonchev–Trinajstić information content (AvgIpc) is 2.88. The lowest BCUT2D eigenvalue weighted by atomic mass is 10.1. The summed E-state index contributed by atoms with van der Waals surface area (Å²) >= 11 is 0. The second-order valence-corrected chi connectivity index (χ2v) is 9.57. The highest BCUT2D eigenvalue weighted by molar-refractivity contribution is 7.92. The zero-order chi connectivity index (χ0) is 26.0. The van der Waals surface area contributed by atoms with Gasteiger partial charge >= 0.3 is 5.97 Å². The average molecular weight is 515 g/mol. The number of ether oxygens (including phenoxy) is 2. The zero-order valence-corrected chi connectivity index (χ0v) is 20.5. The molecule has 3 rings (SSSR count). The summed E-state index contributed by atoms with van der Waals surface area (Å²) in [7, 11) is -2.56. The smallest absolute Gasteiger partial charge is 0.337 e. The van der Waals surface area contributed by atoms with Crippen LogP contribution in [-0.2, 0) is 37.3 Å². The van der Waals surface area contributed by atoms with E-state index in [9.17, 15) is 22.4 Å². The van der Waals surface area contributed by atoms with Crippen molar-refractivity contribution < 1.29 is 31.9 Å². The van der Waals surface area contributed by atoms with Gasteiger partial charge in [-0.05, 0) is 72.5 Å². The molecule has 10 heteroatoms. The molecule has 0 fully saturated rings. The Balaban J connectivity index is 1.38. The van der Waals surface area contributed by atoms with Crippen LogP contribution in [0.4, 0.5) is 10.1 Å². The fourth-order valence-corrected chi connectivity index (χ4v) is 4.31. The van der Waals surface area contributed by atoms with Gasteiger partial charge in [0, 0.05) is 12.2 Å². The van der Waals surface area contributed by atoms with Crippen LogP contribution in [-0.4, -0.2) is 40.6 Å². The van der Waals surface area contributed by atoms with Crippen LogP contribution in [0.1, 0.15) is 27.9 Å². The molecule has 0 aliphatic rings. The number of hydrogen-bond acceptors (Lipinski definition) is 6. The van der Waals surface area contributed by atoms with E-state index >= 15 is 0 Å². The third kappa shape index (κ3) is 8.17. The van der Waals surface area contributed by atoms with Crippen LogP contribution in [0.25, 0.3) is 0 Å². The third-order valence-corrected chi connectivity index (χ3v) is 6.57. The number of amides is 1. The number of rotatable bonds is 12. The van der Waals surface area contributed by atoms with Crippen LogP contribution in [0, 0.1) is 5.82 Å². The highest BCUT2D eigenvalue weighted by Crippen LogP contribution is 2.18. The minimum Gasteiger partial charge on any atom is -0.465 e. The molecular formula is C26H27FN2O6S. The molecule has 0 saturated carbocycles. The monoisotopic (exact) mass is 514 g/mol. The number of nitrogens with one attached hydrogen (secondary N) is 2. The van der Waals surface area contributed by atoms with Crippen LogP contribution in [0.2, 0.25) is 0 Å². The largest absolute Gasteiger partial charge is 0.465 e. The number of carbonyl (C=O) groups is 2. The van der Waals surface area contributed by atoms with Gasteiger partial charge in [-0.2, -0.15) is 0 Å². The summed E-state index contributed by atoms with van der Waals surface area (Å²) in [6.07, 6.45) is 1.39. The molecule has 0 saturated heterocycles. The van der Waals surface area contributed by atoms with Gasteiger partial charge in [0.1, 0.15) is 12.4 Å². The van der Waals surface area contributed by atoms with Gasteiger partial charge in [-0.3, -0.25) is 9.52 Å². The van der Waals surface area contributed by atoms with E-state index < -0.39 is 16.0 Å². The molecule has 0 radical (unpaired) electrons. The normalized spacial score (nSPS) is 11.1. The minimum absolute atomic E-state index is 0.0246. The first-order valence-electron chi connectivity index (χ1n) is 11.2. The molecule has 0 aliphatic heterocycles. The third-order valence-electron chi connectivity index (χ3n) is 5.17. The van der Waals surface area contributed by atoms with Crippen LogP contribution < -0.4 is 10.0 Å². The molecule has 1 amide bonds. The molecule has 2 N–H and O–H groups in total. The molecule has 36 heavy (non-hydrogen) atoms. The standard InChI is InChI=1S/C26H27FN2O6S/c1-34-26(31)21-8-14-24(15-9-21)36(32,33)29-23-12-6-19(7-13-23)3-2-16-28-25(30)18-35-17-20-4-10-22(27)11-5-20/h4-15,29H,2-3,16-18H2,1H3,(H,28,30). The number of methoxy groups -OCH3 is 1. The summed E-state index contributed by atoms with van der Waals surface area (Å²) in [5.74, 6) is -1.10. The van der Waals surface area contributed by atoms with E-state index in [2.05, 4.69) is 14.8 Å². The number of anilines is 1. The highest BCUT2D eigenvalue weighted by Gasteiger charge is 2.15. The van der Waals surface area contributed by atoms with Gasteiger partial charge in [0.2, 0.25) is 5.91 Å². The predicted octanol–water partition coefficient (Wildman–Crippen LogP) is 3.68. The Morgan fingerprint density at radius 2 is 1.53 bits per heavy atom. The fourth-order valence-electron chi connectivity index (χ4n) is 3.26. The van der Waals surface area contributed by atoms with Crippen molar-refractivity contribution in [3.05, 3.63) is 95.3 Å². The van der Waals surface area contributed by atoms with Crippen molar-refractivity contribution in [2.45, 2.75) is 24.3 Å². The maximum Gasteiger partial charge on any atom is 0.337 e. The Labute approximate surface area is 209 Å². The van der Waals surface area contributed by atoms with Gasteiger partial charge in [0.05, 0.1) is 24.2 Å². The summed E-state index contributed by atoms with van der Waals surface area (Å²) in [4.78, 5) is 23.4. The Bertz CT molecular complexity index is 1260. The number of halogens is 1. The molecule has 0 heterocycles. The SMILES string of the molecule is COC(=O)c1ccc(S(=O)(=O)Nc2ccc(CCCNC(=O)COCc3ccc(F)cc3)cc2)cc1. The van der Waals surface area contributed by atoms with Gasteiger partial charge in [-0.25, -0.2) is 17.6 Å². The number of hydrogen-bond donors (Lipinski definition) is 2. The summed E-state index contributed by atoms with van der Waals surface area (Å²) in [6, 6.07) is 18.3. The van der Waals surface area contributed by atoms with E-state index in [1.54, 1.807) is 24.3 Å². The summed E-state index contributed by atoms with van der Waals surface area (Å²) in [5, 5.41) is 2.78. The summed E-state index contributed by atoms with van der Waals surface area (Å²) in [5.41, 5.74) is 2.44. The van der Waals surface area contributed by atoms with Crippen molar-refractivity contribution in [3.8, 4) is 0 Å². The van der Waals surface area contributed by atoms with Gasteiger partial charge in [0.15, 0.2) is 0 Å². The van der Waals surface area contributed by atoms with Crippen molar-refractivity contribution in [1.82, 2.24) is 5.32 Å². The Kier molecular flexibility index (Phi) is 9.54. The number of sulfonamides is 1. The second kappa shape index (κ2) is 12.8. The maximum atomic E-state index is 12.9. The van der Waals surface area contributed by atoms with E-state index in [0.29, 0.717) is 25.1 Å². The predicted molar refractivity (Wildman–Crippen MR) is 132 cm³/mol. The molecule has 190 valence electrons. The number of benzene rings is 3. The van der Waals surface area contributed by atoms with Crippen molar-refractivity contribution in [2.75, 3.05) is 25.0 Å². The molecule has 0 bridgehead atoms. The van der Waals surface area contributed by atoms with Crippen molar-refractivity contribution in [2.24, 2.45) is 0 Å². The van der Waals surface area contributed by atoms with E-state index in [0.717, 1.165) is 11.1 Å². The molecule has 0 unspecified atom stereocenters. The molecule has 0 aromatic heterocycles. The topological polar surface area (TPSA) is 111 Å². The molecule has 3 aromatic rings. The lowest BCUT2D eigenvalue weighted by Gasteiger charge is -2.10.